The highest BCUT2D eigenvalue weighted by molar-refractivity contribution is 7.14. The minimum Gasteiger partial charge on any atom is -0.302 e. The van der Waals surface area contributed by atoms with Gasteiger partial charge in [0.2, 0.25) is 5.91 Å². The molecule has 1 amide bonds. The lowest BCUT2D eigenvalue weighted by atomic mass is 9.99. The second-order valence-corrected chi connectivity index (χ2v) is 7.41. The second kappa shape index (κ2) is 8.97. The van der Waals surface area contributed by atoms with Gasteiger partial charge < -0.3 is 5.32 Å². The first-order chi connectivity index (χ1) is 11.5. The van der Waals surface area contributed by atoms with Crippen LogP contribution >= 0.6 is 11.3 Å². The van der Waals surface area contributed by atoms with Crippen LogP contribution in [0.3, 0.4) is 0 Å². The number of hydrogen-bond donors (Lipinski definition) is 1. The van der Waals surface area contributed by atoms with E-state index in [-0.39, 0.29) is 11.8 Å². The monoisotopic (exact) mass is 344 g/mol. The molecule has 1 aromatic heterocycles. The van der Waals surface area contributed by atoms with Gasteiger partial charge in [-0.1, -0.05) is 64.8 Å². The third-order valence-corrected chi connectivity index (χ3v) is 5.13. The SMILES string of the molecule is CCCC[C@@H](CC)C(=O)Nc1nc(-c2ccc(C(C)C)cc2)cs1. The van der Waals surface area contributed by atoms with Crippen molar-refractivity contribution in [2.24, 2.45) is 5.92 Å². The van der Waals surface area contributed by atoms with E-state index in [1.165, 1.54) is 16.9 Å². The van der Waals surface area contributed by atoms with Crippen LogP contribution in [0, 0.1) is 5.92 Å². The molecule has 130 valence electrons. The molecule has 0 radical (unpaired) electrons. The summed E-state index contributed by atoms with van der Waals surface area (Å²) in [5, 5.41) is 5.69. The topological polar surface area (TPSA) is 42.0 Å². The summed E-state index contributed by atoms with van der Waals surface area (Å²) in [5.41, 5.74) is 3.34. The first kappa shape index (κ1) is 18.7. The number of nitrogens with zero attached hydrogens (tertiary/aromatic N) is 1. The Bertz CT molecular complexity index is 646. The van der Waals surface area contributed by atoms with Gasteiger partial charge in [-0.25, -0.2) is 4.98 Å². The molecule has 0 unspecified atom stereocenters. The average Bonchev–Trinajstić information content (AvgIpc) is 3.04. The molecule has 0 bridgehead atoms. The van der Waals surface area contributed by atoms with Crippen LogP contribution in [-0.2, 0) is 4.79 Å². The summed E-state index contributed by atoms with van der Waals surface area (Å²) < 4.78 is 0. The van der Waals surface area contributed by atoms with Crippen LogP contribution in [0.25, 0.3) is 11.3 Å². The molecule has 1 heterocycles. The van der Waals surface area contributed by atoms with Gasteiger partial charge in [0.05, 0.1) is 5.69 Å². The zero-order chi connectivity index (χ0) is 17.5. The second-order valence-electron chi connectivity index (χ2n) is 6.55. The van der Waals surface area contributed by atoms with Crippen molar-refractivity contribution in [1.29, 1.82) is 0 Å². The molecule has 2 rings (SSSR count). The maximum atomic E-state index is 12.4. The lowest BCUT2D eigenvalue weighted by molar-refractivity contribution is -0.120. The van der Waals surface area contributed by atoms with Crippen molar-refractivity contribution >= 4 is 22.4 Å². The normalized spacial score (nSPS) is 12.4. The maximum absolute atomic E-state index is 12.4. The first-order valence-corrected chi connectivity index (χ1v) is 9.79. The van der Waals surface area contributed by atoms with Gasteiger partial charge in [-0.3, -0.25) is 4.79 Å². The van der Waals surface area contributed by atoms with E-state index in [2.05, 4.69) is 62.3 Å². The Labute approximate surface area is 149 Å². The Balaban J connectivity index is 2.03. The fraction of sp³-hybridized carbons (Fsp3) is 0.500. The number of unbranched alkanes of at least 4 members (excludes halogenated alkanes) is 1. The summed E-state index contributed by atoms with van der Waals surface area (Å²) in [4.78, 5) is 16.9. The van der Waals surface area contributed by atoms with E-state index in [0.29, 0.717) is 11.0 Å². The summed E-state index contributed by atoms with van der Waals surface area (Å²) >= 11 is 1.49. The molecule has 2 aromatic rings. The quantitative estimate of drug-likeness (QED) is 0.629. The van der Waals surface area contributed by atoms with E-state index in [1.54, 1.807) is 0 Å². The zero-order valence-electron chi connectivity index (χ0n) is 15.1. The van der Waals surface area contributed by atoms with Crippen LogP contribution < -0.4 is 5.32 Å². The Morgan fingerprint density at radius 2 is 1.92 bits per heavy atom. The molecule has 0 aliphatic carbocycles. The first-order valence-electron chi connectivity index (χ1n) is 8.91. The Hall–Kier alpha value is -1.68. The van der Waals surface area contributed by atoms with Crippen molar-refractivity contribution in [3.63, 3.8) is 0 Å². The highest BCUT2D eigenvalue weighted by atomic mass is 32.1. The molecule has 0 saturated heterocycles. The van der Waals surface area contributed by atoms with E-state index >= 15 is 0 Å². The molecule has 1 atom stereocenters. The number of hydrogen-bond acceptors (Lipinski definition) is 3. The summed E-state index contributed by atoms with van der Waals surface area (Å²) in [6.45, 7) is 8.61. The molecule has 3 nitrogen and oxygen atoms in total. The van der Waals surface area contributed by atoms with Crippen molar-refractivity contribution in [3.05, 3.63) is 35.2 Å². The molecular formula is C20H28N2OS. The van der Waals surface area contributed by atoms with Crippen molar-refractivity contribution in [1.82, 2.24) is 4.98 Å². The number of amides is 1. The van der Waals surface area contributed by atoms with Crippen LogP contribution in [0.15, 0.2) is 29.6 Å². The minimum atomic E-state index is 0.0858. The standard InChI is InChI=1S/C20H28N2OS/c1-5-7-8-15(6-2)19(23)22-20-21-18(13-24-20)17-11-9-16(10-12-17)14(3)4/h9-15H,5-8H2,1-4H3,(H,21,22,23)/t15-/m1/s1. The molecule has 24 heavy (non-hydrogen) atoms. The largest absolute Gasteiger partial charge is 0.302 e. The molecule has 0 spiro atoms. The highest BCUT2D eigenvalue weighted by Gasteiger charge is 2.17. The number of rotatable bonds is 8. The highest BCUT2D eigenvalue weighted by Crippen LogP contribution is 2.27. The van der Waals surface area contributed by atoms with Gasteiger partial charge in [0, 0.05) is 16.9 Å². The summed E-state index contributed by atoms with van der Waals surface area (Å²) in [5.74, 6) is 0.711. The van der Waals surface area contributed by atoms with Gasteiger partial charge in [-0.05, 0) is 24.3 Å². The fourth-order valence-electron chi connectivity index (χ4n) is 2.68. The molecule has 1 aromatic carbocycles. The van der Waals surface area contributed by atoms with Crippen molar-refractivity contribution < 1.29 is 4.79 Å². The van der Waals surface area contributed by atoms with E-state index in [4.69, 9.17) is 0 Å². The number of benzene rings is 1. The Morgan fingerprint density at radius 3 is 2.50 bits per heavy atom. The summed E-state index contributed by atoms with van der Waals surface area (Å²) in [6.07, 6.45) is 4.04. The third kappa shape index (κ3) is 4.91. The molecule has 0 aliphatic heterocycles. The van der Waals surface area contributed by atoms with E-state index in [1.807, 2.05) is 5.38 Å². The number of thiazole rings is 1. The van der Waals surface area contributed by atoms with Gasteiger partial charge in [0.1, 0.15) is 0 Å². The van der Waals surface area contributed by atoms with E-state index in [9.17, 15) is 4.79 Å². The van der Waals surface area contributed by atoms with Gasteiger partial charge in [0.25, 0.3) is 0 Å². The molecule has 0 saturated carbocycles. The minimum absolute atomic E-state index is 0.0858. The zero-order valence-corrected chi connectivity index (χ0v) is 16.0. The maximum Gasteiger partial charge on any atom is 0.229 e. The van der Waals surface area contributed by atoms with Gasteiger partial charge in [-0.15, -0.1) is 11.3 Å². The summed E-state index contributed by atoms with van der Waals surface area (Å²) in [7, 11) is 0. The predicted molar refractivity (Wildman–Crippen MR) is 104 cm³/mol. The average molecular weight is 345 g/mol. The Kier molecular flexibility index (Phi) is 6.98. The van der Waals surface area contributed by atoms with Crippen LogP contribution in [0.2, 0.25) is 0 Å². The van der Waals surface area contributed by atoms with Crippen LogP contribution in [-0.4, -0.2) is 10.9 Å². The van der Waals surface area contributed by atoms with Crippen LogP contribution in [0.1, 0.15) is 64.9 Å². The number of nitrogens with one attached hydrogen (secondary N) is 1. The van der Waals surface area contributed by atoms with Gasteiger partial charge in [-0.2, -0.15) is 0 Å². The van der Waals surface area contributed by atoms with E-state index in [0.717, 1.165) is 36.9 Å². The van der Waals surface area contributed by atoms with Crippen LogP contribution in [0.4, 0.5) is 5.13 Å². The molecule has 1 N–H and O–H groups in total. The van der Waals surface area contributed by atoms with E-state index < -0.39 is 0 Å². The molecule has 4 heteroatoms. The smallest absolute Gasteiger partial charge is 0.229 e. The number of anilines is 1. The summed E-state index contributed by atoms with van der Waals surface area (Å²) in [6, 6.07) is 8.50. The molecule has 0 aliphatic rings. The lowest BCUT2D eigenvalue weighted by Gasteiger charge is -2.12. The van der Waals surface area contributed by atoms with Crippen molar-refractivity contribution in [2.45, 2.75) is 59.3 Å². The fourth-order valence-corrected chi connectivity index (χ4v) is 3.40. The number of aromatic nitrogens is 1. The predicted octanol–water partition coefficient (Wildman–Crippen LogP) is 6.09. The molecule has 0 fully saturated rings. The molecular weight excluding hydrogens is 316 g/mol. The number of carbonyl (C=O) groups is 1. The lowest BCUT2D eigenvalue weighted by Crippen LogP contribution is -2.22. The number of carbonyl (C=O) groups excluding carboxylic acids is 1. The van der Waals surface area contributed by atoms with Crippen molar-refractivity contribution in [3.8, 4) is 11.3 Å². The van der Waals surface area contributed by atoms with Crippen LogP contribution in [0.5, 0.6) is 0 Å². The Morgan fingerprint density at radius 1 is 1.21 bits per heavy atom. The third-order valence-electron chi connectivity index (χ3n) is 4.38. The van der Waals surface area contributed by atoms with Gasteiger partial charge >= 0.3 is 0 Å². The van der Waals surface area contributed by atoms with Crippen molar-refractivity contribution in [2.75, 3.05) is 5.32 Å². The van der Waals surface area contributed by atoms with Gasteiger partial charge in [0.15, 0.2) is 5.13 Å².